The van der Waals surface area contributed by atoms with E-state index < -0.39 is 4.92 Å². The smallest absolute Gasteiger partial charge is 0.273 e. The molecule has 2 aromatic heterocycles. The van der Waals surface area contributed by atoms with Crippen LogP contribution in [0.5, 0.6) is 11.6 Å². The van der Waals surface area contributed by atoms with Crippen molar-refractivity contribution >= 4 is 28.3 Å². The standard InChI is InChI=1S/C16H14ClN5O4/c17-16-19-14-12(9-18-21(14)13-6-1-2-7-25-13)15(20-16)26-11-5-3-4-10(8-11)22(23)24/h3-5,8-9,13H,1-2,6-7H2. The molecule has 0 radical (unpaired) electrons. The lowest BCUT2D eigenvalue weighted by molar-refractivity contribution is -0.384. The minimum absolute atomic E-state index is 0.00418. The molecule has 1 atom stereocenters. The van der Waals surface area contributed by atoms with Crippen molar-refractivity contribution in [2.24, 2.45) is 0 Å². The second-order valence-electron chi connectivity index (χ2n) is 5.80. The van der Waals surface area contributed by atoms with Gasteiger partial charge in [0, 0.05) is 12.7 Å². The Kier molecular flexibility index (Phi) is 4.39. The molecular formula is C16H14ClN5O4. The second kappa shape index (κ2) is 6.85. The van der Waals surface area contributed by atoms with Crippen LogP contribution in [0.2, 0.25) is 5.28 Å². The molecule has 0 amide bonds. The van der Waals surface area contributed by atoms with E-state index in [4.69, 9.17) is 21.1 Å². The molecule has 0 spiro atoms. The Balaban J connectivity index is 1.72. The van der Waals surface area contributed by atoms with Crippen molar-refractivity contribution in [1.29, 1.82) is 0 Å². The maximum Gasteiger partial charge on any atom is 0.273 e. The van der Waals surface area contributed by atoms with Crippen molar-refractivity contribution in [1.82, 2.24) is 19.7 Å². The van der Waals surface area contributed by atoms with E-state index in [9.17, 15) is 10.1 Å². The molecule has 1 saturated heterocycles. The SMILES string of the molecule is O=[N+]([O-])c1cccc(Oc2nc(Cl)nc3c2cnn3C2CCCCO2)c1. The summed E-state index contributed by atoms with van der Waals surface area (Å²) in [5, 5.41) is 15.8. The molecule has 3 aromatic rings. The molecule has 1 aromatic carbocycles. The summed E-state index contributed by atoms with van der Waals surface area (Å²) in [5.74, 6) is 0.458. The van der Waals surface area contributed by atoms with Crippen LogP contribution in [0.1, 0.15) is 25.5 Å². The third kappa shape index (κ3) is 3.18. The molecule has 10 heteroatoms. The van der Waals surface area contributed by atoms with Gasteiger partial charge in [-0.05, 0) is 36.9 Å². The molecule has 0 saturated carbocycles. The van der Waals surface area contributed by atoms with E-state index in [1.54, 1.807) is 16.9 Å². The summed E-state index contributed by atoms with van der Waals surface area (Å²) < 4.78 is 13.2. The first-order chi connectivity index (χ1) is 12.6. The summed E-state index contributed by atoms with van der Waals surface area (Å²) in [6.45, 7) is 0.669. The molecule has 9 nitrogen and oxygen atoms in total. The third-order valence-corrected chi connectivity index (χ3v) is 4.23. The topological polar surface area (TPSA) is 105 Å². The highest BCUT2D eigenvalue weighted by Gasteiger charge is 2.22. The average molecular weight is 376 g/mol. The minimum atomic E-state index is -0.492. The first-order valence-corrected chi connectivity index (χ1v) is 8.44. The average Bonchev–Trinajstić information content (AvgIpc) is 3.06. The summed E-state index contributed by atoms with van der Waals surface area (Å²) in [4.78, 5) is 18.8. The highest BCUT2D eigenvalue weighted by atomic mass is 35.5. The Bertz CT molecular complexity index is 970. The van der Waals surface area contributed by atoms with Gasteiger partial charge in [0.2, 0.25) is 11.2 Å². The van der Waals surface area contributed by atoms with Crippen LogP contribution in [0.3, 0.4) is 0 Å². The van der Waals surface area contributed by atoms with E-state index in [-0.39, 0.29) is 28.8 Å². The number of nitro groups is 1. The largest absolute Gasteiger partial charge is 0.438 e. The van der Waals surface area contributed by atoms with Gasteiger partial charge in [-0.15, -0.1) is 0 Å². The van der Waals surface area contributed by atoms with Crippen LogP contribution in [0, 0.1) is 10.1 Å². The van der Waals surface area contributed by atoms with Crippen LogP contribution >= 0.6 is 11.6 Å². The number of hydrogen-bond donors (Lipinski definition) is 0. The normalized spacial score (nSPS) is 17.3. The predicted molar refractivity (Wildman–Crippen MR) is 92.3 cm³/mol. The number of nitro benzene ring substituents is 1. The molecule has 0 N–H and O–H groups in total. The van der Waals surface area contributed by atoms with Crippen molar-refractivity contribution in [2.45, 2.75) is 25.5 Å². The first-order valence-electron chi connectivity index (χ1n) is 8.06. The fraction of sp³-hybridized carbons (Fsp3) is 0.312. The molecule has 0 aliphatic carbocycles. The van der Waals surface area contributed by atoms with E-state index in [1.807, 2.05) is 0 Å². The Morgan fingerprint density at radius 3 is 3.00 bits per heavy atom. The molecule has 134 valence electrons. The number of aromatic nitrogens is 4. The second-order valence-corrected chi connectivity index (χ2v) is 6.14. The van der Waals surface area contributed by atoms with Crippen molar-refractivity contribution < 1.29 is 14.4 Å². The molecular weight excluding hydrogens is 362 g/mol. The summed E-state index contributed by atoms with van der Waals surface area (Å²) in [5.41, 5.74) is 0.419. The van der Waals surface area contributed by atoms with Crippen molar-refractivity contribution in [2.75, 3.05) is 6.61 Å². The van der Waals surface area contributed by atoms with Crippen LogP contribution in [0.4, 0.5) is 5.69 Å². The van der Waals surface area contributed by atoms with Crippen LogP contribution in [-0.2, 0) is 4.74 Å². The van der Waals surface area contributed by atoms with Gasteiger partial charge in [0.1, 0.15) is 11.1 Å². The van der Waals surface area contributed by atoms with E-state index in [0.717, 1.165) is 19.3 Å². The first kappa shape index (κ1) is 16.7. The molecule has 26 heavy (non-hydrogen) atoms. The van der Waals surface area contributed by atoms with Gasteiger partial charge >= 0.3 is 0 Å². The summed E-state index contributed by atoms with van der Waals surface area (Å²) in [6.07, 6.45) is 4.27. The number of non-ortho nitro benzene ring substituents is 1. The van der Waals surface area contributed by atoms with Gasteiger partial charge in [-0.2, -0.15) is 15.1 Å². The van der Waals surface area contributed by atoms with Gasteiger partial charge in [-0.3, -0.25) is 10.1 Å². The monoisotopic (exact) mass is 375 g/mol. The van der Waals surface area contributed by atoms with E-state index in [2.05, 4.69) is 15.1 Å². The Morgan fingerprint density at radius 2 is 2.23 bits per heavy atom. The zero-order chi connectivity index (χ0) is 18.1. The number of benzene rings is 1. The van der Waals surface area contributed by atoms with Crippen LogP contribution in [0.25, 0.3) is 11.0 Å². The number of nitrogens with zero attached hydrogens (tertiary/aromatic N) is 5. The lowest BCUT2D eigenvalue weighted by Crippen LogP contribution is -2.19. The van der Waals surface area contributed by atoms with Crippen LogP contribution < -0.4 is 4.74 Å². The highest BCUT2D eigenvalue weighted by Crippen LogP contribution is 2.32. The summed E-state index contributed by atoms with van der Waals surface area (Å²) >= 11 is 6.05. The molecule has 1 aliphatic heterocycles. The van der Waals surface area contributed by atoms with Crippen molar-refractivity contribution in [3.63, 3.8) is 0 Å². The highest BCUT2D eigenvalue weighted by molar-refractivity contribution is 6.28. The quantitative estimate of drug-likeness (QED) is 0.387. The fourth-order valence-electron chi connectivity index (χ4n) is 2.85. The number of rotatable bonds is 4. The molecule has 0 bridgehead atoms. The van der Waals surface area contributed by atoms with E-state index >= 15 is 0 Å². The zero-order valence-electron chi connectivity index (χ0n) is 13.5. The Morgan fingerprint density at radius 1 is 1.35 bits per heavy atom. The zero-order valence-corrected chi connectivity index (χ0v) is 14.3. The Hall–Kier alpha value is -2.78. The van der Waals surface area contributed by atoms with Crippen molar-refractivity contribution in [3.8, 4) is 11.6 Å². The number of fused-ring (bicyclic) bond motifs is 1. The fourth-order valence-corrected chi connectivity index (χ4v) is 3.01. The third-order valence-electron chi connectivity index (χ3n) is 4.06. The molecule has 1 unspecified atom stereocenters. The molecule has 1 aliphatic rings. The van der Waals surface area contributed by atoms with E-state index in [0.29, 0.717) is 17.6 Å². The Labute approximate surface area is 152 Å². The minimum Gasteiger partial charge on any atom is -0.438 e. The molecule has 4 rings (SSSR count). The molecule has 1 fully saturated rings. The van der Waals surface area contributed by atoms with Crippen LogP contribution in [0.15, 0.2) is 30.5 Å². The number of hydrogen-bond acceptors (Lipinski definition) is 7. The van der Waals surface area contributed by atoms with E-state index in [1.165, 1.54) is 18.2 Å². The predicted octanol–water partition coefficient (Wildman–Crippen LogP) is 3.88. The maximum absolute atomic E-state index is 10.9. The summed E-state index contributed by atoms with van der Waals surface area (Å²) in [7, 11) is 0. The number of ether oxygens (including phenoxy) is 2. The van der Waals surface area contributed by atoms with Crippen molar-refractivity contribution in [3.05, 3.63) is 45.9 Å². The van der Waals surface area contributed by atoms with Gasteiger partial charge < -0.3 is 9.47 Å². The van der Waals surface area contributed by atoms with Gasteiger partial charge in [-0.25, -0.2) is 4.68 Å². The molecule has 3 heterocycles. The lowest BCUT2D eigenvalue weighted by atomic mass is 10.2. The van der Waals surface area contributed by atoms with Crippen LogP contribution in [-0.4, -0.2) is 31.3 Å². The number of halogens is 1. The van der Waals surface area contributed by atoms with Gasteiger partial charge in [0.25, 0.3) is 5.69 Å². The van der Waals surface area contributed by atoms with Gasteiger partial charge in [0.05, 0.1) is 17.2 Å². The summed E-state index contributed by atoms with van der Waals surface area (Å²) in [6, 6.07) is 5.83. The maximum atomic E-state index is 10.9. The lowest BCUT2D eigenvalue weighted by Gasteiger charge is -2.23. The van der Waals surface area contributed by atoms with Gasteiger partial charge in [0.15, 0.2) is 11.9 Å². The van der Waals surface area contributed by atoms with Gasteiger partial charge in [-0.1, -0.05) is 6.07 Å².